The maximum absolute atomic E-state index is 13.6. The van der Waals surface area contributed by atoms with Gasteiger partial charge < -0.3 is 9.42 Å². The molecule has 1 aliphatic rings. The molecule has 1 aromatic carbocycles. The Balaban J connectivity index is 1.74. The molecule has 7 heteroatoms. The average Bonchev–Trinajstić information content (AvgIpc) is 3.26. The second-order valence-electron chi connectivity index (χ2n) is 8.56. The van der Waals surface area contributed by atoms with Crippen molar-refractivity contribution < 1.29 is 13.7 Å². The van der Waals surface area contributed by atoms with Crippen molar-refractivity contribution in [2.75, 3.05) is 6.54 Å². The number of aromatic nitrogens is 2. The Hall–Kier alpha value is -2.28. The van der Waals surface area contributed by atoms with Gasteiger partial charge in [0.25, 0.3) is 0 Å². The highest BCUT2D eigenvalue weighted by Crippen LogP contribution is 2.37. The van der Waals surface area contributed by atoms with E-state index >= 15 is 0 Å². The fraction of sp³-hybridized carbons (Fsp3) is 0.571. The van der Waals surface area contributed by atoms with E-state index in [1.807, 2.05) is 26.8 Å². The number of aryl methyl sites for hydroxylation is 1. The smallest absolute Gasteiger partial charge is 0.237 e. The lowest BCUT2D eigenvalue weighted by atomic mass is 9.96. The molecule has 1 N–H and O–H groups in total. The number of nitrogens with zero attached hydrogens (tertiary/aromatic N) is 3. The molecule has 0 saturated heterocycles. The number of nitrogens with one attached hydrogen (secondary N) is 1. The van der Waals surface area contributed by atoms with Gasteiger partial charge in [-0.2, -0.15) is 4.98 Å². The second kappa shape index (κ2) is 7.99. The van der Waals surface area contributed by atoms with Gasteiger partial charge in [0.05, 0.1) is 12.1 Å². The summed E-state index contributed by atoms with van der Waals surface area (Å²) >= 11 is 0. The Kier molecular flexibility index (Phi) is 5.84. The Labute approximate surface area is 165 Å². The number of halogens is 1. The van der Waals surface area contributed by atoms with E-state index in [0.717, 1.165) is 31.2 Å². The molecule has 1 amide bonds. The lowest BCUT2D eigenvalue weighted by Crippen LogP contribution is -2.52. The van der Waals surface area contributed by atoms with Crippen molar-refractivity contribution in [3.8, 4) is 0 Å². The average molecular weight is 388 g/mol. The monoisotopic (exact) mass is 388 g/mol. The minimum atomic E-state index is -0.421. The maximum Gasteiger partial charge on any atom is 0.237 e. The van der Waals surface area contributed by atoms with E-state index in [1.165, 1.54) is 12.1 Å². The normalized spacial score (nSPS) is 16.3. The summed E-state index contributed by atoms with van der Waals surface area (Å²) in [7, 11) is 0. The highest BCUT2D eigenvalue weighted by atomic mass is 19.1. The lowest BCUT2D eigenvalue weighted by molar-refractivity contribution is -0.136. The fourth-order valence-electron chi connectivity index (χ4n) is 3.81. The largest absolute Gasteiger partial charge is 0.340 e. The van der Waals surface area contributed by atoms with Crippen LogP contribution in [0, 0.1) is 12.7 Å². The van der Waals surface area contributed by atoms with E-state index in [2.05, 4.69) is 15.5 Å². The van der Waals surface area contributed by atoms with Gasteiger partial charge in [-0.15, -0.1) is 0 Å². The summed E-state index contributed by atoms with van der Waals surface area (Å²) in [5.41, 5.74) is -0.0420. The number of hydrogen-bond donors (Lipinski definition) is 1. The molecule has 0 spiro atoms. The van der Waals surface area contributed by atoms with Gasteiger partial charge in [-0.25, -0.2) is 4.39 Å². The first-order valence-electron chi connectivity index (χ1n) is 9.80. The Morgan fingerprint density at radius 1 is 1.32 bits per heavy atom. The van der Waals surface area contributed by atoms with Crippen molar-refractivity contribution in [2.24, 2.45) is 0 Å². The van der Waals surface area contributed by atoms with E-state index in [1.54, 1.807) is 17.9 Å². The van der Waals surface area contributed by atoms with Crippen molar-refractivity contribution in [3.05, 3.63) is 47.4 Å². The van der Waals surface area contributed by atoms with Gasteiger partial charge in [0.1, 0.15) is 5.82 Å². The molecule has 1 fully saturated rings. The number of benzene rings is 1. The SMILES string of the molecule is Cc1nc(C2(NCC(=O)N(Cc3cccc(F)c3)C(C)(C)C)CCCC2)no1. The first-order valence-corrected chi connectivity index (χ1v) is 9.80. The first-order chi connectivity index (χ1) is 13.2. The van der Waals surface area contributed by atoms with Crippen LogP contribution in [0.3, 0.4) is 0 Å². The standard InChI is InChI=1S/C21H29FN4O2/c1-15-24-19(25-28-15)21(10-5-6-11-21)23-13-18(27)26(20(2,3)4)14-16-8-7-9-17(22)12-16/h7-9,12,23H,5-6,10-11,13-14H2,1-4H3. The third-order valence-electron chi connectivity index (χ3n) is 5.33. The van der Waals surface area contributed by atoms with Gasteiger partial charge in [-0.1, -0.05) is 30.1 Å². The Bertz CT molecular complexity index is 822. The van der Waals surface area contributed by atoms with Crippen LogP contribution in [0.25, 0.3) is 0 Å². The van der Waals surface area contributed by atoms with Crippen LogP contribution in [-0.4, -0.2) is 33.0 Å². The molecule has 1 aromatic heterocycles. The summed E-state index contributed by atoms with van der Waals surface area (Å²) in [6.07, 6.45) is 3.86. The summed E-state index contributed by atoms with van der Waals surface area (Å²) in [6.45, 7) is 8.25. The molecule has 1 saturated carbocycles. The van der Waals surface area contributed by atoms with Crippen LogP contribution in [0.1, 0.15) is 63.7 Å². The zero-order chi connectivity index (χ0) is 20.4. The lowest BCUT2D eigenvalue weighted by Gasteiger charge is -2.37. The molecular formula is C21H29FN4O2. The van der Waals surface area contributed by atoms with E-state index < -0.39 is 11.1 Å². The summed E-state index contributed by atoms with van der Waals surface area (Å²) in [4.78, 5) is 19.3. The van der Waals surface area contributed by atoms with E-state index in [4.69, 9.17) is 4.52 Å². The summed E-state index contributed by atoms with van der Waals surface area (Å²) in [6, 6.07) is 6.38. The van der Waals surface area contributed by atoms with Gasteiger partial charge >= 0.3 is 0 Å². The van der Waals surface area contributed by atoms with Gasteiger partial charge in [0, 0.05) is 19.0 Å². The van der Waals surface area contributed by atoms with E-state index in [-0.39, 0.29) is 18.3 Å². The molecule has 0 atom stereocenters. The molecule has 28 heavy (non-hydrogen) atoms. The molecule has 0 unspecified atom stereocenters. The van der Waals surface area contributed by atoms with Crippen molar-refractivity contribution >= 4 is 5.91 Å². The fourth-order valence-corrected chi connectivity index (χ4v) is 3.81. The number of amides is 1. The van der Waals surface area contributed by atoms with Crippen LogP contribution in [0.2, 0.25) is 0 Å². The third kappa shape index (κ3) is 4.58. The van der Waals surface area contributed by atoms with Crippen LogP contribution in [0.5, 0.6) is 0 Å². The minimum Gasteiger partial charge on any atom is -0.340 e. The van der Waals surface area contributed by atoms with Crippen LogP contribution in [-0.2, 0) is 16.9 Å². The maximum atomic E-state index is 13.6. The molecule has 1 aliphatic carbocycles. The van der Waals surface area contributed by atoms with Crippen molar-refractivity contribution in [1.29, 1.82) is 0 Å². The van der Waals surface area contributed by atoms with Crippen molar-refractivity contribution in [2.45, 2.75) is 71.0 Å². The van der Waals surface area contributed by atoms with E-state index in [0.29, 0.717) is 18.3 Å². The molecule has 0 radical (unpaired) electrons. The molecule has 1 heterocycles. The molecule has 0 aliphatic heterocycles. The van der Waals surface area contributed by atoms with Gasteiger partial charge in [-0.05, 0) is 51.3 Å². The number of carbonyl (C=O) groups excluding carboxylic acids is 1. The summed E-state index contributed by atoms with van der Waals surface area (Å²) < 4.78 is 18.7. The Morgan fingerprint density at radius 3 is 2.61 bits per heavy atom. The highest BCUT2D eigenvalue weighted by Gasteiger charge is 2.40. The van der Waals surface area contributed by atoms with Crippen LogP contribution in [0.15, 0.2) is 28.8 Å². The second-order valence-corrected chi connectivity index (χ2v) is 8.56. The summed E-state index contributed by atoms with van der Waals surface area (Å²) in [5, 5.41) is 7.53. The minimum absolute atomic E-state index is 0.0387. The quantitative estimate of drug-likeness (QED) is 0.817. The molecule has 3 rings (SSSR count). The molecular weight excluding hydrogens is 359 g/mol. The topological polar surface area (TPSA) is 71.3 Å². The first kappa shape index (κ1) is 20.5. The van der Waals surface area contributed by atoms with Gasteiger partial charge in [0.15, 0.2) is 5.82 Å². The number of carbonyl (C=O) groups is 1. The van der Waals surface area contributed by atoms with Crippen molar-refractivity contribution in [1.82, 2.24) is 20.4 Å². The predicted octanol–water partition coefficient (Wildman–Crippen LogP) is 3.70. The van der Waals surface area contributed by atoms with Crippen LogP contribution < -0.4 is 5.32 Å². The molecule has 152 valence electrons. The molecule has 6 nitrogen and oxygen atoms in total. The number of rotatable bonds is 6. The Morgan fingerprint density at radius 2 is 2.04 bits per heavy atom. The zero-order valence-corrected chi connectivity index (χ0v) is 17.1. The van der Waals surface area contributed by atoms with E-state index in [9.17, 15) is 9.18 Å². The summed E-state index contributed by atoms with van der Waals surface area (Å²) in [5.74, 6) is 0.817. The number of hydrogen-bond acceptors (Lipinski definition) is 5. The highest BCUT2D eigenvalue weighted by molar-refractivity contribution is 5.79. The van der Waals surface area contributed by atoms with Crippen LogP contribution >= 0.6 is 0 Å². The zero-order valence-electron chi connectivity index (χ0n) is 17.1. The molecule has 0 bridgehead atoms. The third-order valence-corrected chi connectivity index (χ3v) is 5.33. The predicted molar refractivity (Wildman–Crippen MR) is 104 cm³/mol. The molecule has 2 aromatic rings. The van der Waals surface area contributed by atoms with Gasteiger partial charge in [-0.3, -0.25) is 10.1 Å². The van der Waals surface area contributed by atoms with Gasteiger partial charge in [0.2, 0.25) is 11.8 Å². The van der Waals surface area contributed by atoms with Crippen LogP contribution in [0.4, 0.5) is 4.39 Å². The van der Waals surface area contributed by atoms with Crippen molar-refractivity contribution in [3.63, 3.8) is 0 Å².